The Morgan fingerprint density at radius 3 is 2.88 bits per heavy atom. The number of nitro benzene ring substituents is 1. The number of carbonyl (C=O) groups excluding carboxylic acids is 1. The van der Waals surface area contributed by atoms with E-state index in [1.54, 1.807) is 12.1 Å². The van der Waals surface area contributed by atoms with Crippen molar-refractivity contribution in [3.05, 3.63) is 63.7 Å². The second-order valence-corrected chi connectivity index (χ2v) is 5.55. The van der Waals surface area contributed by atoms with Gasteiger partial charge in [-0.05, 0) is 42.2 Å². The van der Waals surface area contributed by atoms with Gasteiger partial charge in [0.1, 0.15) is 0 Å². The summed E-state index contributed by atoms with van der Waals surface area (Å²) in [5.41, 5.74) is 3.69. The van der Waals surface area contributed by atoms with Gasteiger partial charge in [-0.25, -0.2) is 0 Å². The van der Waals surface area contributed by atoms with Gasteiger partial charge in [-0.2, -0.15) is 0 Å². The summed E-state index contributed by atoms with van der Waals surface area (Å²) in [6.45, 7) is 0.978. The highest BCUT2D eigenvalue weighted by atomic mass is 35.5. The number of nitrogens with one attached hydrogen (secondary N) is 2. The van der Waals surface area contributed by atoms with Crippen LogP contribution in [0.4, 0.5) is 17.1 Å². The number of hydrogen-bond acceptors (Lipinski definition) is 4. The highest BCUT2D eigenvalue weighted by Crippen LogP contribution is 2.25. The highest BCUT2D eigenvalue weighted by Gasteiger charge is 2.12. The van der Waals surface area contributed by atoms with E-state index < -0.39 is 4.92 Å². The van der Waals surface area contributed by atoms with Crippen LogP contribution in [0.25, 0.3) is 0 Å². The van der Waals surface area contributed by atoms with Crippen LogP contribution in [0.15, 0.2) is 42.5 Å². The number of rotatable bonds is 4. The number of non-ortho nitro benzene ring substituents is 1. The average molecular weight is 348 g/mol. The second kappa shape index (κ2) is 7.79. The van der Waals surface area contributed by atoms with Crippen molar-refractivity contribution in [3.63, 3.8) is 0 Å². The zero-order valence-electron chi connectivity index (χ0n) is 13.0. The number of nitrogens with zero attached hydrogens (tertiary/aromatic N) is 1. The number of anilines is 2. The van der Waals surface area contributed by atoms with Gasteiger partial charge >= 0.3 is 0 Å². The topological polar surface area (TPSA) is 84.3 Å². The number of carbonyl (C=O) groups is 1. The lowest BCUT2D eigenvalue weighted by molar-refractivity contribution is -0.384. The van der Waals surface area contributed by atoms with Gasteiger partial charge in [-0.15, -0.1) is 12.4 Å². The summed E-state index contributed by atoms with van der Waals surface area (Å²) in [6.07, 6.45) is 2.19. The van der Waals surface area contributed by atoms with Crippen molar-refractivity contribution in [2.24, 2.45) is 0 Å². The van der Waals surface area contributed by atoms with Gasteiger partial charge in [0.05, 0.1) is 11.3 Å². The van der Waals surface area contributed by atoms with Crippen LogP contribution >= 0.6 is 12.4 Å². The van der Waals surface area contributed by atoms with E-state index in [0.717, 1.165) is 30.8 Å². The van der Waals surface area contributed by atoms with Crippen LogP contribution in [0.2, 0.25) is 0 Å². The predicted molar refractivity (Wildman–Crippen MR) is 95.9 cm³/mol. The molecule has 0 fully saturated rings. The third-order valence-electron chi connectivity index (χ3n) is 3.81. The first-order valence-electron chi connectivity index (χ1n) is 7.52. The minimum Gasteiger partial charge on any atom is -0.385 e. The Balaban J connectivity index is 0.00000208. The van der Waals surface area contributed by atoms with Crippen molar-refractivity contribution in [1.82, 2.24) is 0 Å². The van der Waals surface area contributed by atoms with Gasteiger partial charge in [-0.1, -0.05) is 12.1 Å². The molecule has 1 heterocycles. The largest absolute Gasteiger partial charge is 0.385 e. The number of hydrogen-bond donors (Lipinski definition) is 2. The molecule has 0 aromatic heterocycles. The standard InChI is InChI=1S/C17H17N3O3.ClH/c21-17(10-12-3-1-5-15(9-12)20(22)23)19-14-6-7-16-13(11-14)4-2-8-18-16;/h1,3,5-7,9,11,18H,2,4,8,10H2,(H,19,21);1H. The summed E-state index contributed by atoms with van der Waals surface area (Å²) in [6, 6.07) is 12.0. The lowest BCUT2D eigenvalue weighted by Gasteiger charge is -2.18. The molecule has 2 aromatic carbocycles. The summed E-state index contributed by atoms with van der Waals surface area (Å²) in [7, 11) is 0. The van der Waals surface area contributed by atoms with E-state index in [-0.39, 0.29) is 30.4 Å². The first-order valence-corrected chi connectivity index (χ1v) is 7.52. The monoisotopic (exact) mass is 347 g/mol. The van der Waals surface area contributed by atoms with Crippen LogP contribution in [-0.2, 0) is 17.6 Å². The molecule has 0 radical (unpaired) electrons. The molecule has 0 unspecified atom stereocenters. The lowest BCUT2D eigenvalue weighted by Crippen LogP contribution is -2.16. The molecule has 1 aliphatic heterocycles. The van der Waals surface area contributed by atoms with Crippen LogP contribution < -0.4 is 10.6 Å². The molecule has 1 aliphatic rings. The summed E-state index contributed by atoms with van der Waals surface area (Å²) in [5.74, 6) is -0.186. The maximum Gasteiger partial charge on any atom is 0.269 e. The number of fused-ring (bicyclic) bond motifs is 1. The quantitative estimate of drug-likeness (QED) is 0.654. The molecule has 6 nitrogen and oxygen atoms in total. The zero-order chi connectivity index (χ0) is 16.2. The van der Waals surface area contributed by atoms with Crippen LogP contribution in [-0.4, -0.2) is 17.4 Å². The molecule has 3 rings (SSSR count). The number of benzene rings is 2. The Morgan fingerprint density at radius 2 is 2.08 bits per heavy atom. The number of nitro groups is 1. The highest BCUT2D eigenvalue weighted by molar-refractivity contribution is 5.92. The van der Waals surface area contributed by atoms with Gasteiger partial charge in [0.15, 0.2) is 0 Å². The average Bonchev–Trinajstić information content (AvgIpc) is 2.55. The van der Waals surface area contributed by atoms with Gasteiger partial charge in [0.2, 0.25) is 5.91 Å². The summed E-state index contributed by atoms with van der Waals surface area (Å²) >= 11 is 0. The van der Waals surface area contributed by atoms with Crippen molar-refractivity contribution in [2.45, 2.75) is 19.3 Å². The molecule has 24 heavy (non-hydrogen) atoms. The maximum atomic E-state index is 12.1. The van der Waals surface area contributed by atoms with Crippen molar-refractivity contribution in [1.29, 1.82) is 0 Å². The van der Waals surface area contributed by atoms with E-state index in [2.05, 4.69) is 10.6 Å². The second-order valence-electron chi connectivity index (χ2n) is 5.55. The van der Waals surface area contributed by atoms with Gasteiger partial charge in [0, 0.05) is 30.1 Å². The van der Waals surface area contributed by atoms with E-state index in [4.69, 9.17) is 0 Å². The Bertz CT molecular complexity index is 764. The first-order chi connectivity index (χ1) is 11.1. The van der Waals surface area contributed by atoms with Crippen molar-refractivity contribution < 1.29 is 9.72 Å². The predicted octanol–water partition coefficient (Wildman–Crippen LogP) is 3.56. The van der Waals surface area contributed by atoms with Crippen molar-refractivity contribution >= 4 is 35.4 Å². The van der Waals surface area contributed by atoms with Crippen LogP contribution in [0.5, 0.6) is 0 Å². The first kappa shape index (κ1) is 17.7. The van der Waals surface area contributed by atoms with Crippen molar-refractivity contribution in [3.8, 4) is 0 Å². The molecule has 0 spiro atoms. The van der Waals surface area contributed by atoms with Gasteiger partial charge in [-0.3, -0.25) is 14.9 Å². The lowest BCUT2D eigenvalue weighted by atomic mass is 10.0. The van der Waals surface area contributed by atoms with Crippen LogP contribution in [0.3, 0.4) is 0 Å². The van der Waals surface area contributed by atoms with E-state index in [9.17, 15) is 14.9 Å². The molecule has 0 saturated carbocycles. The fraction of sp³-hybridized carbons (Fsp3) is 0.235. The summed E-state index contributed by atoms with van der Waals surface area (Å²) < 4.78 is 0. The fourth-order valence-electron chi connectivity index (χ4n) is 2.72. The zero-order valence-corrected chi connectivity index (χ0v) is 13.8. The Morgan fingerprint density at radius 1 is 1.25 bits per heavy atom. The number of halogens is 1. The smallest absolute Gasteiger partial charge is 0.269 e. The Hall–Kier alpha value is -2.60. The third-order valence-corrected chi connectivity index (χ3v) is 3.81. The van der Waals surface area contributed by atoms with E-state index in [1.165, 1.54) is 17.7 Å². The number of amides is 1. The molecule has 2 N–H and O–H groups in total. The molecule has 2 aromatic rings. The van der Waals surface area contributed by atoms with Crippen LogP contribution in [0.1, 0.15) is 17.5 Å². The van der Waals surface area contributed by atoms with Gasteiger partial charge < -0.3 is 10.6 Å². The molecule has 7 heteroatoms. The summed E-state index contributed by atoms with van der Waals surface area (Å²) in [4.78, 5) is 22.4. The molecular formula is C17H18ClN3O3. The molecule has 0 bridgehead atoms. The Kier molecular flexibility index (Phi) is 5.76. The third kappa shape index (κ3) is 4.23. The maximum absolute atomic E-state index is 12.1. The molecule has 0 atom stereocenters. The van der Waals surface area contributed by atoms with E-state index in [0.29, 0.717) is 5.56 Å². The number of aryl methyl sites for hydroxylation is 1. The molecule has 126 valence electrons. The van der Waals surface area contributed by atoms with Crippen molar-refractivity contribution in [2.75, 3.05) is 17.2 Å². The fourth-order valence-corrected chi connectivity index (χ4v) is 2.72. The van der Waals surface area contributed by atoms with Gasteiger partial charge in [0.25, 0.3) is 5.69 Å². The molecule has 0 saturated heterocycles. The van der Waals surface area contributed by atoms with E-state index in [1.807, 2.05) is 18.2 Å². The molecule has 0 aliphatic carbocycles. The summed E-state index contributed by atoms with van der Waals surface area (Å²) in [5, 5.41) is 16.9. The minimum atomic E-state index is -0.460. The SMILES string of the molecule is Cl.O=C(Cc1cccc([N+](=O)[O-])c1)Nc1ccc2c(c1)CCCN2. The molecule has 1 amide bonds. The Labute approximate surface area is 145 Å². The van der Waals surface area contributed by atoms with E-state index >= 15 is 0 Å². The molecular weight excluding hydrogens is 330 g/mol. The van der Waals surface area contributed by atoms with Crippen LogP contribution in [0, 0.1) is 10.1 Å². The minimum absolute atomic E-state index is 0. The normalized spacial score (nSPS) is 12.3.